The van der Waals surface area contributed by atoms with Gasteiger partial charge in [-0.2, -0.15) is 5.26 Å². The standard InChI is InChI=1S/C25H33FN4O2/c1-18(13-19-5-3-2-4-6-19)29-23(32)24-7-10-25(11-8-24,12-9-24)28-16-22(31)30-17-20(26)14-21(30)15-27/h2-6,18,20-21,28H,7-14,16-17H2,1H3,(H,29,32)/t18-,20+,21+,24?,25?/m1/s1. The van der Waals surface area contributed by atoms with Crippen molar-refractivity contribution >= 4 is 11.8 Å². The third-order valence-corrected chi connectivity index (χ3v) is 7.82. The van der Waals surface area contributed by atoms with Gasteiger partial charge in [-0.15, -0.1) is 0 Å². The molecular formula is C25H33FN4O2. The topological polar surface area (TPSA) is 85.2 Å². The van der Waals surface area contributed by atoms with Crippen LogP contribution in [0, 0.1) is 16.7 Å². The molecule has 7 heteroatoms. The van der Waals surface area contributed by atoms with Gasteiger partial charge in [-0.3, -0.25) is 9.59 Å². The number of fused-ring (bicyclic) bond motifs is 3. The average molecular weight is 441 g/mol. The van der Waals surface area contributed by atoms with E-state index in [-0.39, 0.29) is 48.3 Å². The van der Waals surface area contributed by atoms with Crippen molar-refractivity contribution in [2.75, 3.05) is 13.1 Å². The van der Waals surface area contributed by atoms with Crippen molar-refractivity contribution in [2.24, 2.45) is 5.41 Å². The maximum absolute atomic E-state index is 13.6. The lowest BCUT2D eigenvalue weighted by atomic mass is 9.57. The fourth-order valence-corrected chi connectivity index (χ4v) is 5.73. The molecule has 2 bridgehead atoms. The number of alkyl halides is 1. The Bertz CT molecular complexity index is 859. The van der Waals surface area contributed by atoms with E-state index >= 15 is 0 Å². The third-order valence-electron chi connectivity index (χ3n) is 7.82. The number of benzene rings is 1. The van der Waals surface area contributed by atoms with Gasteiger partial charge in [0, 0.05) is 23.4 Å². The van der Waals surface area contributed by atoms with Crippen molar-refractivity contribution in [2.45, 2.75) is 82.1 Å². The van der Waals surface area contributed by atoms with Crippen LogP contribution in [-0.4, -0.2) is 53.6 Å². The molecule has 4 aliphatic rings. The Morgan fingerprint density at radius 3 is 2.47 bits per heavy atom. The molecule has 3 atom stereocenters. The number of likely N-dealkylation sites (tertiary alicyclic amines) is 1. The molecule has 0 spiro atoms. The van der Waals surface area contributed by atoms with E-state index < -0.39 is 12.2 Å². The second-order valence-corrected chi connectivity index (χ2v) is 10.0. The van der Waals surface area contributed by atoms with E-state index in [2.05, 4.69) is 29.7 Å². The monoisotopic (exact) mass is 440 g/mol. The van der Waals surface area contributed by atoms with Gasteiger partial charge in [0.05, 0.1) is 19.2 Å². The molecule has 3 aliphatic carbocycles. The summed E-state index contributed by atoms with van der Waals surface area (Å²) in [5, 5.41) is 15.9. The number of nitriles is 1. The number of amides is 2. The maximum atomic E-state index is 13.6. The minimum absolute atomic E-state index is 0.0101. The number of nitrogens with one attached hydrogen (secondary N) is 2. The van der Waals surface area contributed by atoms with Gasteiger partial charge in [0.1, 0.15) is 12.2 Å². The molecule has 0 radical (unpaired) electrons. The van der Waals surface area contributed by atoms with Crippen molar-refractivity contribution < 1.29 is 14.0 Å². The Hall–Kier alpha value is -2.46. The highest BCUT2D eigenvalue weighted by Crippen LogP contribution is 2.52. The Morgan fingerprint density at radius 1 is 1.19 bits per heavy atom. The summed E-state index contributed by atoms with van der Waals surface area (Å²) >= 11 is 0. The van der Waals surface area contributed by atoms with Crippen LogP contribution in [0.25, 0.3) is 0 Å². The molecule has 1 aromatic rings. The summed E-state index contributed by atoms with van der Waals surface area (Å²) in [7, 11) is 0. The summed E-state index contributed by atoms with van der Waals surface area (Å²) < 4.78 is 13.6. The van der Waals surface area contributed by atoms with Crippen LogP contribution in [0.15, 0.2) is 30.3 Å². The molecule has 32 heavy (non-hydrogen) atoms. The predicted octanol–water partition coefficient (Wildman–Crippen LogP) is 2.88. The lowest BCUT2D eigenvalue weighted by Gasteiger charge is -2.53. The number of nitrogens with zero attached hydrogens (tertiary/aromatic N) is 2. The van der Waals surface area contributed by atoms with Crippen LogP contribution in [0.1, 0.15) is 57.4 Å². The van der Waals surface area contributed by atoms with Crippen LogP contribution in [0.5, 0.6) is 0 Å². The van der Waals surface area contributed by atoms with Crippen LogP contribution >= 0.6 is 0 Å². The SMILES string of the molecule is C[C@H](Cc1ccccc1)NC(=O)C12CCC(NCC(=O)N3C[C@@H](F)C[C@H]3C#N)(CC1)CC2. The second-order valence-electron chi connectivity index (χ2n) is 10.0. The van der Waals surface area contributed by atoms with Gasteiger partial charge in [0.25, 0.3) is 0 Å². The number of rotatable bonds is 7. The van der Waals surface area contributed by atoms with Crippen LogP contribution in [0.4, 0.5) is 4.39 Å². The zero-order valence-corrected chi connectivity index (χ0v) is 18.8. The lowest BCUT2D eigenvalue weighted by Crippen LogP contribution is -2.60. The first-order valence-electron chi connectivity index (χ1n) is 11.8. The quantitative estimate of drug-likeness (QED) is 0.683. The van der Waals surface area contributed by atoms with Crippen molar-refractivity contribution in [1.29, 1.82) is 5.26 Å². The smallest absolute Gasteiger partial charge is 0.237 e. The highest BCUT2D eigenvalue weighted by Gasteiger charge is 2.52. The zero-order valence-electron chi connectivity index (χ0n) is 18.8. The van der Waals surface area contributed by atoms with Crippen molar-refractivity contribution in [3.05, 3.63) is 35.9 Å². The first kappa shape index (κ1) is 22.7. The van der Waals surface area contributed by atoms with Crippen LogP contribution in [-0.2, 0) is 16.0 Å². The number of carbonyl (C=O) groups excluding carboxylic acids is 2. The van der Waals surface area contributed by atoms with Gasteiger partial charge in [0.15, 0.2) is 0 Å². The summed E-state index contributed by atoms with van der Waals surface area (Å²) in [4.78, 5) is 27.1. The lowest BCUT2D eigenvalue weighted by molar-refractivity contribution is -0.140. The molecule has 5 rings (SSSR count). The van der Waals surface area contributed by atoms with Gasteiger partial charge in [-0.05, 0) is 57.4 Å². The summed E-state index contributed by atoms with van der Waals surface area (Å²) in [5.41, 5.74) is 0.777. The van der Waals surface area contributed by atoms with E-state index in [1.165, 1.54) is 10.5 Å². The molecule has 0 unspecified atom stereocenters. The van der Waals surface area contributed by atoms with Crippen molar-refractivity contribution in [3.63, 3.8) is 0 Å². The summed E-state index contributed by atoms with van der Waals surface area (Å²) in [6, 6.07) is 11.6. The second kappa shape index (κ2) is 9.19. The van der Waals surface area contributed by atoms with Gasteiger partial charge in [-0.25, -0.2) is 4.39 Å². The summed E-state index contributed by atoms with van der Waals surface area (Å²) in [6.07, 6.45) is 4.81. The van der Waals surface area contributed by atoms with E-state index in [9.17, 15) is 19.2 Å². The highest BCUT2D eigenvalue weighted by atomic mass is 19.1. The largest absolute Gasteiger partial charge is 0.353 e. The Morgan fingerprint density at radius 2 is 1.84 bits per heavy atom. The molecule has 6 nitrogen and oxygen atoms in total. The normalized spacial score (nSPS) is 32.3. The van der Waals surface area contributed by atoms with E-state index in [0.717, 1.165) is 44.9 Å². The molecule has 0 aromatic heterocycles. The van der Waals surface area contributed by atoms with Gasteiger partial charge in [0.2, 0.25) is 11.8 Å². The molecule has 1 heterocycles. The molecule has 1 aliphatic heterocycles. The first-order chi connectivity index (χ1) is 15.3. The van der Waals surface area contributed by atoms with Crippen LogP contribution in [0.2, 0.25) is 0 Å². The predicted molar refractivity (Wildman–Crippen MR) is 119 cm³/mol. The summed E-state index contributed by atoms with van der Waals surface area (Å²) in [5.74, 6) is -0.0470. The van der Waals surface area contributed by atoms with E-state index in [1.54, 1.807) is 0 Å². The van der Waals surface area contributed by atoms with Gasteiger partial charge < -0.3 is 15.5 Å². The van der Waals surface area contributed by atoms with Crippen LogP contribution in [0.3, 0.4) is 0 Å². The average Bonchev–Trinajstić information content (AvgIpc) is 3.20. The number of hydrogen-bond acceptors (Lipinski definition) is 4. The Kier molecular flexibility index (Phi) is 6.52. The molecule has 1 aromatic carbocycles. The highest BCUT2D eigenvalue weighted by molar-refractivity contribution is 5.83. The van der Waals surface area contributed by atoms with E-state index in [0.29, 0.717) is 0 Å². The van der Waals surface area contributed by atoms with Crippen molar-refractivity contribution in [3.8, 4) is 6.07 Å². The molecule has 2 N–H and O–H groups in total. The number of halogens is 1. The number of carbonyl (C=O) groups is 2. The molecule has 172 valence electrons. The zero-order chi connectivity index (χ0) is 22.8. The molecule has 1 saturated heterocycles. The molecule has 4 fully saturated rings. The molecule has 3 saturated carbocycles. The fraction of sp³-hybridized carbons (Fsp3) is 0.640. The molecule has 2 amide bonds. The minimum Gasteiger partial charge on any atom is -0.353 e. The molecular weight excluding hydrogens is 407 g/mol. The van der Waals surface area contributed by atoms with E-state index in [1.807, 2.05) is 24.3 Å². The van der Waals surface area contributed by atoms with Crippen LogP contribution < -0.4 is 10.6 Å². The maximum Gasteiger partial charge on any atom is 0.237 e. The fourth-order valence-electron chi connectivity index (χ4n) is 5.73. The van der Waals surface area contributed by atoms with Gasteiger partial charge in [-0.1, -0.05) is 30.3 Å². The van der Waals surface area contributed by atoms with Gasteiger partial charge >= 0.3 is 0 Å². The minimum atomic E-state index is -1.12. The third kappa shape index (κ3) is 4.66. The number of hydrogen-bond donors (Lipinski definition) is 2. The first-order valence-corrected chi connectivity index (χ1v) is 11.8. The van der Waals surface area contributed by atoms with Crippen molar-refractivity contribution in [1.82, 2.24) is 15.5 Å². The Balaban J connectivity index is 1.28. The summed E-state index contributed by atoms with van der Waals surface area (Å²) in [6.45, 7) is 2.19. The van der Waals surface area contributed by atoms with E-state index in [4.69, 9.17) is 0 Å². The Labute approximate surface area is 189 Å².